The van der Waals surface area contributed by atoms with Gasteiger partial charge in [0.05, 0.1) is 0 Å². The molecule has 1 aliphatic heterocycles. The van der Waals surface area contributed by atoms with E-state index in [2.05, 4.69) is 5.32 Å². The number of ketones is 2. The minimum absolute atomic E-state index is 0.166. The Morgan fingerprint density at radius 2 is 1.91 bits per heavy atom. The van der Waals surface area contributed by atoms with Gasteiger partial charge in [-0.2, -0.15) is 0 Å². The van der Waals surface area contributed by atoms with Crippen molar-refractivity contribution in [1.82, 2.24) is 5.32 Å². The highest BCUT2D eigenvalue weighted by atomic mass is 16.6. The monoisotopic (exact) mass is 319 g/mol. The summed E-state index contributed by atoms with van der Waals surface area (Å²) in [5.74, 6) is -6.58. The molecular weight excluding hydrogens is 282 g/mol. The molecule has 1 amide bonds. The zero-order valence-electron chi connectivity index (χ0n) is 21.2. The molecule has 1 heterocycles. The molecule has 22 heavy (non-hydrogen) atoms. The molecule has 1 aliphatic rings. The molecule has 0 aromatic carbocycles. The van der Waals surface area contributed by atoms with Crippen molar-refractivity contribution in [3.05, 3.63) is 0 Å². The summed E-state index contributed by atoms with van der Waals surface area (Å²) in [5, 5.41) is 2.45. The van der Waals surface area contributed by atoms with Crippen molar-refractivity contribution < 1.29 is 30.1 Å². The molecule has 126 valence electrons. The van der Waals surface area contributed by atoms with E-state index >= 15 is 0 Å². The molecular formula is C17H29NO4. The first kappa shape index (κ1) is 9.81. The van der Waals surface area contributed by atoms with Crippen LogP contribution in [-0.2, 0) is 19.1 Å². The second-order valence-electron chi connectivity index (χ2n) is 5.76. The maximum atomic E-state index is 12.6. The van der Waals surface area contributed by atoms with Gasteiger partial charge in [-0.25, -0.2) is 0 Å². The number of rotatable bonds is 10. The van der Waals surface area contributed by atoms with Crippen LogP contribution in [0.2, 0.25) is 0 Å². The largest absolute Gasteiger partial charge is 0.356 e. The van der Waals surface area contributed by atoms with E-state index in [1.54, 1.807) is 0 Å². The summed E-state index contributed by atoms with van der Waals surface area (Å²) in [6.07, 6.45) is -2.90. The van der Waals surface area contributed by atoms with E-state index in [1.807, 2.05) is 0 Å². The predicted octanol–water partition coefficient (Wildman–Crippen LogP) is 2.13. The lowest BCUT2D eigenvalue weighted by atomic mass is 9.90. The van der Waals surface area contributed by atoms with Crippen LogP contribution in [-0.4, -0.2) is 36.2 Å². The maximum absolute atomic E-state index is 12.6. The highest BCUT2D eigenvalue weighted by Crippen LogP contribution is 2.27. The molecule has 0 aliphatic carbocycles. The zero-order chi connectivity index (χ0) is 23.7. The summed E-state index contributed by atoms with van der Waals surface area (Å²) in [4.78, 5) is 36.3. The molecule has 0 spiro atoms. The van der Waals surface area contributed by atoms with Crippen LogP contribution in [0.5, 0.6) is 0 Å². The molecule has 5 heteroatoms. The predicted molar refractivity (Wildman–Crippen MR) is 84.4 cm³/mol. The van der Waals surface area contributed by atoms with Crippen LogP contribution in [0.4, 0.5) is 0 Å². The summed E-state index contributed by atoms with van der Waals surface area (Å²) in [6, 6.07) is 0. The van der Waals surface area contributed by atoms with E-state index in [0.29, 0.717) is 0 Å². The topological polar surface area (TPSA) is 75.8 Å². The Morgan fingerprint density at radius 3 is 2.45 bits per heavy atom. The molecule has 0 aromatic rings. The summed E-state index contributed by atoms with van der Waals surface area (Å²) >= 11 is 0. The summed E-state index contributed by atoms with van der Waals surface area (Å²) in [7, 11) is 0. The number of hydrogen-bond acceptors (Lipinski definition) is 4. The molecule has 1 N–H and O–H groups in total. The fourth-order valence-corrected chi connectivity index (χ4v) is 2.17. The Bertz CT molecular complexity index is 672. The van der Waals surface area contributed by atoms with Crippen molar-refractivity contribution in [2.24, 2.45) is 17.7 Å². The minimum atomic E-state index is -2.70. The lowest BCUT2D eigenvalue weighted by Crippen LogP contribution is -2.34. The molecule has 1 saturated heterocycles. The summed E-state index contributed by atoms with van der Waals surface area (Å²) < 4.78 is 65.5. The Balaban J connectivity index is 2.85. The van der Waals surface area contributed by atoms with Gasteiger partial charge in [0, 0.05) is 29.8 Å². The fourth-order valence-electron chi connectivity index (χ4n) is 2.17. The minimum Gasteiger partial charge on any atom is -0.356 e. The fraction of sp³-hybridized carbons (Fsp3) is 0.824. The number of Topliss-reactive ketones (excluding diaryl/α,β-unsaturated/α-hetero) is 2. The van der Waals surface area contributed by atoms with E-state index in [-0.39, 0.29) is 18.7 Å². The second-order valence-corrected chi connectivity index (χ2v) is 5.76. The molecule has 1 rings (SSSR count). The van der Waals surface area contributed by atoms with Gasteiger partial charge < -0.3 is 10.1 Å². The molecule has 0 aromatic heterocycles. The quantitative estimate of drug-likeness (QED) is 0.626. The molecule has 0 saturated carbocycles. The Labute approximate surface area is 144 Å². The van der Waals surface area contributed by atoms with Crippen molar-refractivity contribution in [2.45, 2.75) is 65.9 Å². The van der Waals surface area contributed by atoms with E-state index < -0.39 is 68.1 Å². The van der Waals surface area contributed by atoms with Gasteiger partial charge in [-0.3, -0.25) is 14.4 Å². The van der Waals surface area contributed by atoms with Crippen molar-refractivity contribution in [3.8, 4) is 0 Å². The van der Waals surface area contributed by atoms with E-state index in [0.717, 1.165) is 6.92 Å². The number of amides is 1. The number of nitrogens with one attached hydrogen (secondary N) is 1. The lowest BCUT2D eigenvalue weighted by molar-refractivity contribution is -0.130. The normalized spacial score (nSPS) is 33.6. The van der Waals surface area contributed by atoms with Gasteiger partial charge in [-0.15, -0.1) is 0 Å². The van der Waals surface area contributed by atoms with Crippen molar-refractivity contribution >= 4 is 17.5 Å². The molecule has 1 fully saturated rings. The van der Waals surface area contributed by atoms with Gasteiger partial charge >= 0.3 is 0 Å². The first-order valence-corrected chi connectivity index (χ1v) is 7.26. The third-order valence-electron chi connectivity index (χ3n) is 3.38. The van der Waals surface area contributed by atoms with E-state index in [1.165, 1.54) is 13.8 Å². The van der Waals surface area contributed by atoms with Gasteiger partial charge in [0.1, 0.15) is 12.2 Å². The van der Waals surface area contributed by atoms with Gasteiger partial charge in [0.15, 0.2) is 11.6 Å². The zero-order valence-corrected chi connectivity index (χ0v) is 13.2. The number of hydrogen-bond donors (Lipinski definition) is 1. The first-order chi connectivity index (χ1) is 13.3. The van der Waals surface area contributed by atoms with Crippen LogP contribution >= 0.6 is 0 Å². The molecule has 5 nitrogen and oxygen atoms in total. The summed E-state index contributed by atoms with van der Waals surface area (Å²) in [6.45, 7) is -1.80. The molecule has 0 radical (unpaired) electrons. The highest BCUT2D eigenvalue weighted by molar-refractivity contribution is 5.97. The number of carbonyl (C=O) groups is 3. The van der Waals surface area contributed by atoms with Crippen molar-refractivity contribution in [2.75, 3.05) is 6.54 Å². The smallest absolute Gasteiger partial charge is 0.223 e. The second kappa shape index (κ2) is 8.42. The van der Waals surface area contributed by atoms with Gasteiger partial charge in [-0.05, 0) is 31.6 Å². The Hall–Kier alpha value is -1.23. The molecule has 5 atom stereocenters. The number of epoxide rings is 1. The van der Waals surface area contributed by atoms with Gasteiger partial charge in [0.2, 0.25) is 5.91 Å². The number of ether oxygens (including phenoxy) is 1. The Morgan fingerprint density at radius 1 is 1.23 bits per heavy atom. The number of carbonyl (C=O) groups excluding carboxylic acids is 3. The molecule has 2 unspecified atom stereocenters. The van der Waals surface area contributed by atoms with Crippen LogP contribution in [0.25, 0.3) is 0 Å². The van der Waals surface area contributed by atoms with Crippen LogP contribution in [0.3, 0.4) is 0 Å². The molecule has 0 bridgehead atoms. The maximum Gasteiger partial charge on any atom is 0.223 e. The summed E-state index contributed by atoms with van der Waals surface area (Å²) in [5.41, 5.74) is 0. The first-order valence-electron chi connectivity index (χ1n) is 11.3. The average Bonchev–Trinajstić information content (AvgIpc) is 3.32. The average molecular weight is 319 g/mol. The van der Waals surface area contributed by atoms with E-state index in [4.69, 9.17) is 15.7 Å². The Kier molecular flexibility index (Phi) is 3.75. The third-order valence-corrected chi connectivity index (χ3v) is 3.38. The van der Waals surface area contributed by atoms with Crippen LogP contribution in [0.1, 0.15) is 64.7 Å². The van der Waals surface area contributed by atoms with Crippen LogP contribution in [0, 0.1) is 17.7 Å². The van der Waals surface area contributed by atoms with E-state index in [9.17, 15) is 14.4 Å². The van der Waals surface area contributed by atoms with Gasteiger partial charge in [-0.1, -0.05) is 27.6 Å². The van der Waals surface area contributed by atoms with Crippen LogP contribution in [0.15, 0.2) is 0 Å². The SMILES string of the molecule is [2H]C([2H])([2H])C([2H])(C)CCNC(=O)[C@@H](CC(=O)[C@H]1O[C@@H]1C(C)=O)CC([2H])(C)C([2H])([2H])[2H]. The standard InChI is InChI=1S/C17H29NO4/c1-10(2)6-7-18-17(21)13(8-11(3)4)9-14(20)16-15(22-16)12(5)19/h10-11,13,15-16H,6-9H2,1-5H3,(H,18,21)/t13-,15-,16-/m1/s1/i1D3,3D3,10D,11D/t10?,11?,13-,15-,16-. The van der Waals surface area contributed by atoms with Crippen molar-refractivity contribution in [3.63, 3.8) is 0 Å². The van der Waals surface area contributed by atoms with Crippen molar-refractivity contribution in [1.29, 1.82) is 0 Å². The highest BCUT2D eigenvalue weighted by Gasteiger charge is 2.48. The van der Waals surface area contributed by atoms with Gasteiger partial charge in [0.25, 0.3) is 0 Å². The third kappa shape index (κ3) is 6.26. The lowest BCUT2D eigenvalue weighted by Gasteiger charge is -2.18. The van der Waals surface area contributed by atoms with Crippen LogP contribution < -0.4 is 5.32 Å².